The number of nitrogens with zero attached hydrogens (tertiary/aromatic N) is 2. The van der Waals surface area contributed by atoms with Crippen LogP contribution in [-0.4, -0.2) is 10.3 Å². The largest absolute Gasteiger partial charge is 0.454 e. The van der Waals surface area contributed by atoms with Gasteiger partial charge in [0.15, 0.2) is 5.58 Å². The van der Waals surface area contributed by atoms with Gasteiger partial charge >= 0.3 is 0 Å². The van der Waals surface area contributed by atoms with Crippen LogP contribution in [0.2, 0.25) is 0 Å². The van der Waals surface area contributed by atoms with E-state index in [-0.39, 0.29) is 11.6 Å². The van der Waals surface area contributed by atoms with Crippen LogP contribution in [0.5, 0.6) is 0 Å². The molecule has 1 aliphatic heterocycles. The van der Waals surface area contributed by atoms with E-state index in [1.54, 1.807) is 0 Å². The van der Waals surface area contributed by atoms with Crippen LogP contribution in [0.1, 0.15) is 47.8 Å². The molecule has 0 saturated carbocycles. The second kappa shape index (κ2) is 11.9. The molecule has 10 aromatic rings. The summed E-state index contributed by atoms with van der Waals surface area (Å²) in [6.45, 7) is 4.70. The van der Waals surface area contributed by atoms with Crippen LogP contribution >= 0.6 is 0 Å². The summed E-state index contributed by atoms with van der Waals surface area (Å²) in [5.41, 5.74) is 18.1. The van der Waals surface area contributed by atoms with Crippen molar-refractivity contribution in [2.45, 2.75) is 25.4 Å². The van der Waals surface area contributed by atoms with Gasteiger partial charge in [0, 0.05) is 49.3 Å². The van der Waals surface area contributed by atoms with E-state index in [1.807, 2.05) is 0 Å². The van der Waals surface area contributed by atoms with E-state index in [1.165, 1.54) is 49.7 Å². The van der Waals surface area contributed by atoms with Gasteiger partial charge in [-0.05, 0) is 63.7 Å². The number of rotatable bonds is 4. The smallest absolute Gasteiger partial charge is 0.159 e. The fourth-order valence-electron chi connectivity index (χ4n) is 9.80. The first-order chi connectivity index (χ1) is 28.0. The lowest BCUT2D eigenvalue weighted by Crippen LogP contribution is -2.20. The highest BCUT2D eigenvalue weighted by Gasteiger charge is 2.37. The highest BCUT2D eigenvalue weighted by molar-refractivity contribution is 6.20. The molecule has 57 heavy (non-hydrogen) atoms. The Bertz CT molecular complexity index is 3290. The molecule has 12 rings (SSSR count). The van der Waals surface area contributed by atoms with Crippen molar-refractivity contribution in [2.75, 3.05) is 5.32 Å². The topological polar surface area (TPSA) is 42.5 Å². The molecule has 1 N–H and O–H groups in total. The molecule has 2 aliphatic rings. The molecule has 0 fully saturated rings. The van der Waals surface area contributed by atoms with Crippen LogP contribution in [0.4, 0.5) is 5.69 Å². The summed E-state index contributed by atoms with van der Waals surface area (Å²) < 4.78 is 9.37. The van der Waals surface area contributed by atoms with Crippen LogP contribution in [0.15, 0.2) is 185 Å². The Morgan fingerprint density at radius 1 is 0.544 bits per heavy atom. The minimum absolute atomic E-state index is 0.0832. The first-order valence-corrected chi connectivity index (χ1v) is 19.8. The first kappa shape index (κ1) is 32.1. The maximum atomic E-state index is 6.96. The molecule has 0 saturated heterocycles. The summed E-state index contributed by atoms with van der Waals surface area (Å²) in [4.78, 5) is 5.48. The average molecular weight is 732 g/mol. The molecular formula is C53H37N3O. The van der Waals surface area contributed by atoms with Gasteiger partial charge in [-0.25, -0.2) is 0 Å². The number of para-hydroxylation sites is 3. The van der Waals surface area contributed by atoms with Crippen LogP contribution < -0.4 is 5.32 Å². The normalized spacial score (nSPS) is 15.4. The van der Waals surface area contributed by atoms with E-state index >= 15 is 0 Å². The predicted octanol–water partition coefficient (Wildman–Crippen LogP) is 13.6. The third kappa shape index (κ3) is 4.58. The number of anilines is 1. The number of aliphatic imine (C=N–C) groups is 1. The number of hydrogen-bond acceptors (Lipinski definition) is 3. The van der Waals surface area contributed by atoms with Gasteiger partial charge < -0.3 is 14.3 Å². The molecule has 0 amide bonds. The second-order valence-electron chi connectivity index (χ2n) is 15.9. The Kier molecular flexibility index (Phi) is 6.71. The summed E-state index contributed by atoms with van der Waals surface area (Å²) in [6, 6.07) is 63.1. The molecule has 0 radical (unpaired) electrons. The number of fused-ring (bicyclic) bond motifs is 11. The highest BCUT2D eigenvalue weighted by atomic mass is 16.3. The molecule has 0 bridgehead atoms. The Labute approximate surface area is 330 Å². The van der Waals surface area contributed by atoms with Gasteiger partial charge in [0.1, 0.15) is 11.7 Å². The lowest BCUT2D eigenvalue weighted by molar-refractivity contribution is 0.660. The van der Waals surface area contributed by atoms with E-state index in [4.69, 9.17) is 9.41 Å². The van der Waals surface area contributed by atoms with Crippen LogP contribution in [-0.2, 0) is 5.41 Å². The molecule has 1 atom stereocenters. The van der Waals surface area contributed by atoms with Gasteiger partial charge in [-0.3, -0.25) is 4.99 Å². The lowest BCUT2D eigenvalue weighted by atomic mass is 9.82. The third-order valence-corrected chi connectivity index (χ3v) is 12.4. The number of nitrogens with one attached hydrogen (secondary N) is 1. The van der Waals surface area contributed by atoms with Gasteiger partial charge in [0.2, 0.25) is 0 Å². The van der Waals surface area contributed by atoms with E-state index in [0.717, 1.165) is 61.2 Å². The number of benzene rings is 8. The molecule has 8 aromatic carbocycles. The van der Waals surface area contributed by atoms with E-state index in [2.05, 4.69) is 200 Å². The van der Waals surface area contributed by atoms with Crippen molar-refractivity contribution in [3.8, 4) is 27.9 Å². The predicted molar refractivity (Wildman–Crippen MR) is 236 cm³/mol. The highest BCUT2D eigenvalue weighted by Crippen LogP contribution is 2.53. The maximum Gasteiger partial charge on any atom is 0.159 e. The van der Waals surface area contributed by atoms with Crippen molar-refractivity contribution in [1.82, 2.24) is 4.57 Å². The van der Waals surface area contributed by atoms with E-state index in [9.17, 15) is 0 Å². The number of aromatic nitrogens is 1. The molecule has 270 valence electrons. The van der Waals surface area contributed by atoms with E-state index in [0.29, 0.717) is 0 Å². The van der Waals surface area contributed by atoms with Crippen molar-refractivity contribution in [3.63, 3.8) is 0 Å². The SMILES string of the molecule is CC1(C)c2ccccc2-c2c1ccc1c2c2ccccc2n1-c1cccc2c1oc1cccc(C3N=C(c4ccc(-c5ccccc5)cc4)c4ccccc4N3)c12. The van der Waals surface area contributed by atoms with Gasteiger partial charge in [0.05, 0.1) is 22.4 Å². The fraction of sp³-hybridized carbons (Fsp3) is 0.0755. The van der Waals surface area contributed by atoms with Crippen LogP contribution in [0.3, 0.4) is 0 Å². The summed E-state index contributed by atoms with van der Waals surface area (Å²) in [7, 11) is 0. The second-order valence-corrected chi connectivity index (χ2v) is 15.9. The van der Waals surface area contributed by atoms with Gasteiger partial charge in [0.25, 0.3) is 0 Å². The molecule has 2 aromatic heterocycles. The lowest BCUT2D eigenvalue weighted by Gasteiger charge is -2.26. The molecule has 4 heteroatoms. The third-order valence-electron chi connectivity index (χ3n) is 12.4. The average Bonchev–Trinajstić information content (AvgIpc) is 3.89. The Hall–Kier alpha value is -7.17. The Morgan fingerprint density at radius 2 is 1.25 bits per heavy atom. The summed E-state index contributed by atoms with van der Waals surface area (Å²) in [5.74, 6) is 0. The summed E-state index contributed by atoms with van der Waals surface area (Å²) in [5, 5.41) is 8.47. The monoisotopic (exact) mass is 731 g/mol. The minimum atomic E-state index is -0.323. The fourth-order valence-corrected chi connectivity index (χ4v) is 9.80. The maximum absolute atomic E-state index is 6.96. The molecule has 0 spiro atoms. The van der Waals surface area contributed by atoms with Gasteiger partial charge in [-0.1, -0.05) is 159 Å². The number of furan rings is 1. The quantitative estimate of drug-likeness (QED) is 0.196. The zero-order valence-corrected chi connectivity index (χ0v) is 31.6. The molecule has 4 nitrogen and oxygen atoms in total. The minimum Gasteiger partial charge on any atom is -0.454 e. The Morgan fingerprint density at radius 3 is 2.12 bits per heavy atom. The zero-order valence-electron chi connectivity index (χ0n) is 31.6. The molecule has 3 heterocycles. The van der Waals surface area contributed by atoms with Crippen molar-refractivity contribution >= 4 is 55.1 Å². The van der Waals surface area contributed by atoms with E-state index < -0.39 is 0 Å². The van der Waals surface area contributed by atoms with Crippen LogP contribution in [0, 0.1) is 0 Å². The Balaban J connectivity index is 1.05. The van der Waals surface area contributed by atoms with Crippen molar-refractivity contribution in [2.24, 2.45) is 4.99 Å². The zero-order chi connectivity index (χ0) is 37.8. The standard InChI is InChI=1S/C53H37N3O/c1-53(2)40-21-9-6-16-35(40)48-41(53)30-31-44-49(48)37-18-8-11-23-43(37)56(44)45-24-12-19-38-47-39(20-13-25-46(47)57-51(38)45)52-54-42-22-10-7-17-36(42)50(55-52)34-28-26-33(27-29-34)32-14-4-3-5-15-32/h3-31,52,54H,1-2H3. The van der Waals surface area contributed by atoms with Crippen LogP contribution in [0.25, 0.3) is 71.7 Å². The molecule has 1 unspecified atom stereocenters. The summed E-state index contributed by atoms with van der Waals surface area (Å²) >= 11 is 0. The number of hydrogen-bond donors (Lipinski definition) is 1. The summed E-state index contributed by atoms with van der Waals surface area (Å²) in [6.07, 6.45) is -0.323. The van der Waals surface area contributed by atoms with Crippen molar-refractivity contribution < 1.29 is 4.42 Å². The van der Waals surface area contributed by atoms with Crippen molar-refractivity contribution in [1.29, 1.82) is 0 Å². The van der Waals surface area contributed by atoms with Gasteiger partial charge in [-0.15, -0.1) is 0 Å². The first-order valence-electron chi connectivity index (χ1n) is 19.8. The molecular weight excluding hydrogens is 695 g/mol. The molecule has 1 aliphatic carbocycles. The van der Waals surface area contributed by atoms with Crippen molar-refractivity contribution in [3.05, 3.63) is 204 Å². The van der Waals surface area contributed by atoms with Gasteiger partial charge in [-0.2, -0.15) is 0 Å².